The minimum Gasteiger partial charge on any atom is -0.466 e. The lowest BCUT2D eigenvalue weighted by molar-refractivity contribution is -0.143. The van der Waals surface area contributed by atoms with E-state index < -0.39 is 16.6 Å². The third-order valence-corrected chi connectivity index (χ3v) is 16.5. The molecule has 1 saturated carbocycles. The Labute approximate surface area is 261 Å². The van der Waals surface area contributed by atoms with Gasteiger partial charge in [0.05, 0.1) is 18.8 Å². The maximum atomic E-state index is 11.7. The van der Waals surface area contributed by atoms with E-state index in [0.29, 0.717) is 36.7 Å². The molecule has 0 radical (unpaired) electrons. The quantitative estimate of drug-likeness (QED) is 0.0751. The number of ether oxygens (including phenoxy) is 1. The first-order chi connectivity index (χ1) is 19.6. The lowest BCUT2D eigenvalue weighted by Crippen LogP contribution is -2.45. The molecular weight excluding hydrogens is 553 g/mol. The number of esters is 1. The van der Waals surface area contributed by atoms with Gasteiger partial charge in [0.15, 0.2) is 16.6 Å². The topological polar surface area (TPSA) is 44.8 Å². The second-order valence-electron chi connectivity index (χ2n) is 14.7. The number of hydrogen-bond donors (Lipinski definition) is 0. The van der Waals surface area contributed by atoms with Crippen molar-refractivity contribution in [3.63, 3.8) is 0 Å². The SMILES string of the molecule is CC#CCC(C)[C@@H](/C=C\[C@H]1[C@H]2CC(C=CCCC(=O)OCC)=C[C@H]2C[C@H]1O[Si](C)(C)C(C)(C)C)O[Si](C)(C)CCCC. The van der Waals surface area contributed by atoms with Gasteiger partial charge >= 0.3 is 5.97 Å². The van der Waals surface area contributed by atoms with E-state index in [1.54, 1.807) is 0 Å². The van der Waals surface area contributed by atoms with Gasteiger partial charge in [0.1, 0.15) is 0 Å². The standard InChI is InChI=1S/C36H62O4Si2/c1-12-15-19-28(4)33(39-41(8,9)24-16-13-2)23-22-31-32-26-29(20-17-18-21-35(37)38-14-3)25-30(32)27-34(31)40-42(10,11)36(5,6)7/h17,20,22-23,25,28,30-34H,13-14,16,18-19,21,24,26-27H2,1-11H3/b20-17?,23-22-/t28?,30-,31-,32-,33+,34+/m0/s1. The minimum atomic E-state index is -1.92. The van der Waals surface area contributed by atoms with Crippen molar-refractivity contribution >= 4 is 22.6 Å². The Morgan fingerprint density at radius 1 is 1.19 bits per heavy atom. The third kappa shape index (κ3) is 11.3. The number of carbonyl (C=O) groups excluding carboxylic acids is 1. The summed E-state index contributed by atoms with van der Waals surface area (Å²) in [5.41, 5.74) is 1.39. The van der Waals surface area contributed by atoms with Gasteiger partial charge in [-0.25, -0.2) is 0 Å². The maximum Gasteiger partial charge on any atom is 0.306 e. The van der Waals surface area contributed by atoms with E-state index in [9.17, 15) is 4.79 Å². The van der Waals surface area contributed by atoms with Crippen molar-refractivity contribution in [3.05, 3.63) is 36.0 Å². The van der Waals surface area contributed by atoms with Gasteiger partial charge in [0, 0.05) is 18.8 Å². The molecule has 238 valence electrons. The zero-order chi connectivity index (χ0) is 31.6. The van der Waals surface area contributed by atoms with Crippen LogP contribution in [0.5, 0.6) is 0 Å². The molecule has 0 bridgehead atoms. The van der Waals surface area contributed by atoms with Crippen LogP contribution < -0.4 is 0 Å². The molecule has 0 aromatic carbocycles. The van der Waals surface area contributed by atoms with Crippen molar-refractivity contribution in [3.8, 4) is 11.8 Å². The molecule has 6 heteroatoms. The Hall–Kier alpha value is -1.40. The number of rotatable bonds is 16. The van der Waals surface area contributed by atoms with Crippen molar-refractivity contribution in [2.24, 2.45) is 23.7 Å². The smallest absolute Gasteiger partial charge is 0.306 e. The summed E-state index contributed by atoms with van der Waals surface area (Å²) in [5, 5.41) is 0.176. The molecule has 2 aliphatic rings. The summed E-state index contributed by atoms with van der Waals surface area (Å²) >= 11 is 0. The summed E-state index contributed by atoms with van der Waals surface area (Å²) in [4.78, 5) is 11.7. The van der Waals surface area contributed by atoms with E-state index >= 15 is 0 Å². The predicted molar refractivity (Wildman–Crippen MR) is 183 cm³/mol. The summed E-state index contributed by atoms with van der Waals surface area (Å²) < 4.78 is 19.2. The molecule has 6 atom stereocenters. The first-order valence-electron chi connectivity index (χ1n) is 16.6. The van der Waals surface area contributed by atoms with Gasteiger partial charge in [0.25, 0.3) is 0 Å². The first kappa shape index (κ1) is 36.8. The van der Waals surface area contributed by atoms with E-state index in [1.807, 2.05) is 13.8 Å². The van der Waals surface area contributed by atoms with Crippen molar-refractivity contribution < 1.29 is 18.4 Å². The van der Waals surface area contributed by atoms with Crippen LogP contribution in [0.4, 0.5) is 0 Å². The molecule has 0 heterocycles. The van der Waals surface area contributed by atoms with Crippen LogP contribution in [0.3, 0.4) is 0 Å². The molecule has 1 fully saturated rings. The summed E-state index contributed by atoms with van der Waals surface area (Å²) in [7, 11) is -3.72. The number of hydrogen-bond acceptors (Lipinski definition) is 4. The number of carbonyl (C=O) groups is 1. The largest absolute Gasteiger partial charge is 0.466 e. The Balaban J connectivity index is 2.29. The monoisotopic (exact) mass is 614 g/mol. The number of unbranched alkanes of at least 4 members (excludes halogenated alkanes) is 1. The highest BCUT2D eigenvalue weighted by Crippen LogP contribution is 2.51. The first-order valence-corrected chi connectivity index (χ1v) is 22.6. The Morgan fingerprint density at radius 2 is 1.90 bits per heavy atom. The van der Waals surface area contributed by atoms with Crippen molar-refractivity contribution in [1.29, 1.82) is 0 Å². The average molecular weight is 615 g/mol. The average Bonchev–Trinajstić information content (AvgIpc) is 3.42. The molecule has 2 rings (SSSR count). The lowest BCUT2D eigenvalue weighted by Gasteiger charge is -2.40. The summed E-state index contributed by atoms with van der Waals surface area (Å²) in [6.45, 7) is 25.3. The van der Waals surface area contributed by atoms with E-state index in [2.05, 4.69) is 103 Å². The van der Waals surface area contributed by atoms with Crippen molar-refractivity contribution in [1.82, 2.24) is 0 Å². The highest BCUT2D eigenvalue weighted by Gasteiger charge is 2.48. The van der Waals surface area contributed by atoms with Crippen molar-refractivity contribution in [2.75, 3.05) is 6.61 Å². The Bertz CT molecular complexity index is 1010. The van der Waals surface area contributed by atoms with Gasteiger partial charge in [-0.1, -0.05) is 83.4 Å². The van der Waals surface area contributed by atoms with Crippen LogP contribution in [0.15, 0.2) is 36.0 Å². The number of allylic oxidation sites excluding steroid dienone is 4. The van der Waals surface area contributed by atoms with E-state index in [0.717, 1.165) is 25.7 Å². The van der Waals surface area contributed by atoms with Gasteiger partial charge in [-0.05, 0) is 88.1 Å². The van der Waals surface area contributed by atoms with Crippen LogP contribution in [-0.2, 0) is 18.4 Å². The highest BCUT2D eigenvalue weighted by molar-refractivity contribution is 6.74. The van der Waals surface area contributed by atoms with Crippen LogP contribution >= 0.6 is 0 Å². The van der Waals surface area contributed by atoms with E-state index in [1.165, 1.54) is 24.5 Å². The second-order valence-corrected chi connectivity index (χ2v) is 23.7. The molecule has 0 amide bonds. The van der Waals surface area contributed by atoms with E-state index in [-0.39, 0.29) is 23.2 Å². The van der Waals surface area contributed by atoms with Crippen LogP contribution in [-0.4, -0.2) is 41.4 Å². The van der Waals surface area contributed by atoms with Crippen LogP contribution in [0.1, 0.15) is 93.4 Å². The van der Waals surface area contributed by atoms with Gasteiger partial charge < -0.3 is 13.6 Å². The fraction of sp³-hybridized carbons (Fsp3) is 0.750. The molecule has 0 saturated heterocycles. The molecule has 0 N–H and O–H groups in total. The molecule has 1 unspecified atom stereocenters. The van der Waals surface area contributed by atoms with Crippen molar-refractivity contribution in [2.45, 2.75) is 143 Å². The maximum absolute atomic E-state index is 11.7. The lowest BCUT2D eigenvalue weighted by atomic mass is 9.88. The number of fused-ring (bicyclic) bond motifs is 1. The zero-order valence-corrected chi connectivity index (χ0v) is 30.8. The summed E-state index contributed by atoms with van der Waals surface area (Å²) in [5.74, 6) is 8.06. The van der Waals surface area contributed by atoms with Gasteiger partial charge in [0.2, 0.25) is 0 Å². The molecule has 42 heavy (non-hydrogen) atoms. The van der Waals surface area contributed by atoms with Gasteiger partial charge in [-0.3, -0.25) is 4.79 Å². The normalized spacial score (nSPS) is 24.4. The zero-order valence-electron chi connectivity index (χ0n) is 28.8. The molecule has 0 aromatic rings. The molecule has 4 nitrogen and oxygen atoms in total. The third-order valence-electron chi connectivity index (χ3n) is 9.55. The highest BCUT2D eigenvalue weighted by atomic mass is 28.4. The van der Waals surface area contributed by atoms with Crippen LogP contribution in [0.2, 0.25) is 37.3 Å². The molecule has 0 spiro atoms. The summed E-state index contributed by atoms with van der Waals surface area (Å²) in [6, 6.07) is 1.20. The fourth-order valence-corrected chi connectivity index (χ4v) is 9.72. The Kier molecular flexibility index (Phi) is 14.6. The predicted octanol–water partition coefficient (Wildman–Crippen LogP) is 9.85. The molecule has 0 aliphatic heterocycles. The van der Waals surface area contributed by atoms with Crippen LogP contribution in [0, 0.1) is 35.5 Å². The fourth-order valence-electron chi connectivity index (χ4n) is 5.99. The second kappa shape index (κ2) is 16.6. The summed E-state index contributed by atoms with van der Waals surface area (Å²) in [6.07, 6.45) is 18.6. The molecular formula is C36H62O4Si2. The minimum absolute atomic E-state index is 0.0774. The molecule has 2 aliphatic carbocycles. The van der Waals surface area contributed by atoms with Gasteiger partial charge in [-0.2, -0.15) is 0 Å². The van der Waals surface area contributed by atoms with Gasteiger partial charge in [-0.15, -0.1) is 11.8 Å². The van der Waals surface area contributed by atoms with Crippen LogP contribution in [0.25, 0.3) is 0 Å². The Morgan fingerprint density at radius 3 is 2.52 bits per heavy atom. The molecule has 0 aromatic heterocycles. The van der Waals surface area contributed by atoms with E-state index in [4.69, 9.17) is 13.6 Å².